The van der Waals surface area contributed by atoms with E-state index in [1.54, 1.807) is 13.8 Å². The number of anilines is 1. The third kappa shape index (κ3) is 12.1. The van der Waals surface area contributed by atoms with Crippen LogP contribution >= 0.6 is 0 Å². The summed E-state index contributed by atoms with van der Waals surface area (Å²) in [5.41, 5.74) is -1.76. The first kappa shape index (κ1) is 59.7. The number of halogens is 19. The predicted octanol–water partition coefficient (Wildman–Crippen LogP) is 14.4. The first-order valence-corrected chi connectivity index (χ1v) is 22.4. The summed E-state index contributed by atoms with van der Waals surface area (Å²) in [6.45, 7) is 8.87. The SMILES string of the molecule is CCOC(=O)/C(C)=C/C[C@@H](C)[C@@H](OC(=O)Nc1ccc(F)cc1F)c1ccc(OCCO[Si](CCC(F)(F)C(F)(F)C(F)(F)C(F)(F)C(F)(F)C(F)(F)C(F)(F)C(F)(F)F)(C(C)C)C(C)C)cc1. The zero-order chi connectivity index (χ0) is 52.9. The molecule has 0 saturated carbocycles. The summed E-state index contributed by atoms with van der Waals surface area (Å²) in [5.74, 6) is -60.2. The molecule has 2 rings (SSSR count). The number of benzene rings is 2. The zero-order valence-corrected chi connectivity index (χ0v) is 37.8. The van der Waals surface area contributed by atoms with Crippen LogP contribution in [0.2, 0.25) is 17.1 Å². The maximum atomic E-state index is 15.0. The zero-order valence-electron chi connectivity index (χ0n) is 36.8. The van der Waals surface area contributed by atoms with Gasteiger partial charge in [-0.2, -0.15) is 74.6 Å². The highest BCUT2D eigenvalue weighted by Crippen LogP contribution is 2.64. The van der Waals surface area contributed by atoms with Crippen LogP contribution in [0.25, 0.3) is 0 Å². The second kappa shape index (κ2) is 21.7. The number of hydrogen-bond donors (Lipinski definition) is 1. The van der Waals surface area contributed by atoms with E-state index in [-0.39, 0.29) is 24.4 Å². The lowest BCUT2D eigenvalue weighted by atomic mass is 9.88. The maximum Gasteiger partial charge on any atom is 0.460 e. The van der Waals surface area contributed by atoms with E-state index >= 15 is 8.78 Å². The average molecular weight is 1040 g/mol. The Morgan fingerprint density at radius 1 is 0.691 bits per heavy atom. The number of ether oxygens (including phenoxy) is 3. The van der Waals surface area contributed by atoms with Crippen LogP contribution in [0.15, 0.2) is 54.1 Å². The van der Waals surface area contributed by atoms with Gasteiger partial charge in [0.15, 0.2) is 8.32 Å². The molecule has 1 amide bonds. The van der Waals surface area contributed by atoms with Crippen molar-refractivity contribution >= 4 is 26.1 Å². The molecule has 68 heavy (non-hydrogen) atoms. The molecule has 0 heterocycles. The summed E-state index contributed by atoms with van der Waals surface area (Å²) in [6, 6.07) is 6.39. The van der Waals surface area contributed by atoms with Gasteiger partial charge in [-0.15, -0.1) is 0 Å². The topological polar surface area (TPSA) is 83.1 Å². The summed E-state index contributed by atoms with van der Waals surface area (Å²) in [5, 5.41) is 2.15. The molecule has 0 aliphatic rings. The number of alkyl halides is 17. The molecule has 0 aromatic heterocycles. The molecule has 2 aromatic carbocycles. The van der Waals surface area contributed by atoms with Gasteiger partial charge in [0.25, 0.3) is 0 Å². The Hall–Kier alpha value is -4.43. The Kier molecular flexibility index (Phi) is 19.0. The molecule has 0 unspecified atom stereocenters. The molecule has 0 bridgehead atoms. The number of carbonyl (C=O) groups excluding carboxylic acids is 2. The summed E-state index contributed by atoms with van der Waals surface area (Å²) in [7, 11) is -4.06. The second-order valence-electron chi connectivity index (χ2n) is 16.1. The number of allylic oxidation sites excluding steroid dienone is 1. The number of carbonyl (C=O) groups is 2. The highest BCUT2D eigenvalue weighted by Gasteiger charge is 2.95. The van der Waals surface area contributed by atoms with Gasteiger partial charge in [0.05, 0.1) is 18.9 Å². The van der Waals surface area contributed by atoms with Crippen LogP contribution < -0.4 is 10.1 Å². The van der Waals surface area contributed by atoms with Gasteiger partial charge in [0.2, 0.25) is 0 Å². The van der Waals surface area contributed by atoms with Crippen molar-refractivity contribution in [2.45, 2.75) is 132 Å². The number of hydrogen-bond acceptors (Lipinski definition) is 6. The van der Waals surface area contributed by atoms with Crippen LogP contribution in [0.3, 0.4) is 0 Å². The van der Waals surface area contributed by atoms with E-state index < -0.39 is 134 Å². The van der Waals surface area contributed by atoms with E-state index in [9.17, 15) is 84.2 Å². The van der Waals surface area contributed by atoms with E-state index in [1.165, 1.54) is 65.0 Å². The summed E-state index contributed by atoms with van der Waals surface area (Å²) in [4.78, 5) is 25.0. The lowest BCUT2D eigenvalue weighted by molar-refractivity contribution is -0.461. The van der Waals surface area contributed by atoms with Gasteiger partial charge in [-0.05, 0) is 67.2 Å². The number of esters is 1. The van der Waals surface area contributed by atoms with Crippen molar-refractivity contribution in [3.05, 3.63) is 71.3 Å². The van der Waals surface area contributed by atoms with Gasteiger partial charge in [0, 0.05) is 24.0 Å². The fourth-order valence-corrected chi connectivity index (χ4v) is 11.1. The molecule has 0 fully saturated rings. The monoisotopic (exact) mass is 1040 g/mol. The highest BCUT2D eigenvalue weighted by molar-refractivity contribution is 6.76. The van der Waals surface area contributed by atoms with Crippen LogP contribution in [-0.4, -0.2) is 87.8 Å². The molecule has 0 radical (unpaired) electrons. The second-order valence-corrected chi connectivity index (χ2v) is 21.1. The third-order valence-corrected chi connectivity index (χ3v) is 16.5. The van der Waals surface area contributed by atoms with Crippen LogP contribution in [0.5, 0.6) is 5.75 Å². The lowest BCUT2D eigenvalue weighted by Gasteiger charge is -2.44. The number of rotatable bonds is 24. The van der Waals surface area contributed by atoms with Crippen molar-refractivity contribution < 1.29 is 112 Å². The fraction of sp³-hybridized carbons (Fsp3) is 0.610. The largest absolute Gasteiger partial charge is 0.491 e. The van der Waals surface area contributed by atoms with Crippen molar-refractivity contribution in [2.24, 2.45) is 5.92 Å². The van der Waals surface area contributed by atoms with E-state index in [0.29, 0.717) is 11.6 Å². The van der Waals surface area contributed by atoms with Gasteiger partial charge >= 0.3 is 59.7 Å². The number of nitrogens with one attached hydrogen (secondary N) is 1. The molecule has 388 valence electrons. The molecule has 0 saturated heterocycles. The van der Waals surface area contributed by atoms with Crippen LogP contribution in [0, 0.1) is 17.6 Å². The van der Waals surface area contributed by atoms with Crippen molar-refractivity contribution in [3.63, 3.8) is 0 Å². The molecule has 1 N–H and O–H groups in total. The smallest absolute Gasteiger partial charge is 0.460 e. The minimum absolute atomic E-state index is 0.0470. The van der Waals surface area contributed by atoms with Crippen LogP contribution in [0.1, 0.15) is 73.0 Å². The first-order valence-electron chi connectivity index (χ1n) is 20.1. The molecular formula is C41H46F19NO6Si. The summed E-state index contributed by atoms with van der Waals surface area (Å²) < 4.78 is 286. The van der Waals surface area contributed by atoms with Gasteiger partial charge < -0.3 is 18.6 Å². The quantitative estimate of drug-likeness (QED) is 0.0371. The third-order valence-electron chi connectivity index (χ3n) is 10.8. The first-order chi connectivity index (χ1) is 30.7. The Balaban J connectivity index is 2.33. The van der Waals surface area contributed by atoms with Gasteiger partial charge in [0.1, 0.15) is 30.1 Å². The van der Waals surface area contributed by atoms with E-state index in [0.717, 1.165) is 12.1 Å². The molecule has 27 heteroatoms. The highest BCUT2D eigenvalue weighted by atomic mass is 28.4. The lowest BCUT2D eigenvalue weighted by Crippen LogP contribution is -2.74. The van der Waals surface area contributed by atoms with E-state index in [2.05, 4.69) is 5.32 Å². The van der Waals surface area contributed by atoms with Gasteiger partial charge in [-0.3, -0.25) is 5.32 Å². The van der Waals surface area contributed by atoms with Crippen molar-refractivity contribution in [2.75, 3.05) is 25.1 Å². The minimum atomic E-state index is -8.72. The molecular weight excluding hydrogens is 992 g/mol. The average Bonchev–Trinajstić information content (AvgIpc) is 3.21. The van der Waals surface area contributed by atoms with Crippen molar-refractivity contribution in [1.29, 1.82) is 0 Å². The standard InChI is InChI=1S/C41H46F19NO6Si/c1-8-64-32(62)25(7)10-9-24(6)31(67-33(63)61-30-16-13-27(42)21-29(30)43)26-11-14-28(15-12-26)65-18-19-66-68(22(2)3,23(4)5)20-17-34(44,45)35(46,47)36(48,49)37(50,51)38(52,53)39(54,55)40(56,57)41(58,59)60/h10-16,21-24,31H,8-9,17-20H2,1-7H3,(H,61,63)/b25-10+/t24-,31-/m1/s1. The molecule has 2 aromatic rings. The normalized spacial score (nSPS) is 15.1. The van der Waals surface area contributed by atoms with E-state index in [1.807, 2.05) is 0 Å². The van der Waals surface area contributed by atoms with Crippen LogP contribution in [-0.2, 0) is 18.7 Å². The number of amides is 1. The predicted molar refractivity (Wildman–Crippen MR) is 207 cm³/mol. The van der Waals surface area contributed by atoms with Gasteiger partial charge in [-0.1, -0.05) is 52.8 Å². The Bertz CT molecular complexity index is 2040. The van der Waals surface area contributed by atoms with Crippen molar-refractivity contribution in [1.82, 2.24) is 0 Å². The van der Waals surface area contributed by atoms with Crippen LogP contribution in [0.4, 0.5) is 93.9 Å². The molecule has 0 aliphatic heterocycles. The Morgan fingerprint density at radius 2 is 1.19 bits per heavy atom. The summed E-state index contributed by atoms with van der Waals surface area (Å²) in [6.07, 6.45) is -11.1. The molecule has 0 spiro atoms. The maximum absolute atomic E-state index is 15.0. The molecule has 2 atom stereocenters. The van der Waals surface area contributed by atoms with Crippen molar-refractivity contribution in [3.8, 4) is 5.75 Å². The fourth-order valence-electron chi connectivity index (χ4n) is 6.67. The minimum Gasteiger partial charge on any atom is -0.491 e. The van der Waals surface area contributed by atoms with Gasteiger partial charge in [-0.25, -0.2) is 18.4 Å². The van der Waals surface area contributed by atoms with E-state index in [4.69, 9.17) is 18.6 Å². The Morgan fingerprint density at radius 3 is 1.66 bits per heavy atom. The summed E-state index contributed by atoms with van der Waals surface area (Å²) >= 11 is 0. The Labute approximate surface area is 377 Å². The molecule has 7 nitrogen and oxygen atoms in total. The molecule has 0 aliphatic carbocycles.